The number of hydrogen-bond acceptors (Lipinski definition) is 32. The van der Waals surface area contributed by atoms with Crippen LogP contribution < -0.4 is 64.9 Å². The molecule has 150 heavy (non-hydrogen) atoms. The zero-order valence-electron chi connectivity index (χ0n) is 82.5. The van der Waals surface area contributed by atoms with Gasteiger partial charge in [0.1, 0.15) is 44.2 Å². The molecular weight excluding hydrogens is 2080 g/mol. The summed E-state index contributed by atoms with van der Waals surface area (Å²) < 4.78 is 53.9. The van der Waals surface area contributed by atoms with Crippen LogP contribution in [0.5, 0.6) is 0 Å². The summed E-state index contributed by atoms with van der Waals surface area (Å²) in [5.41, 5.74) is 23.2. The first kappa shape index (κ1) is 118. The molecule has 0 aliphatic rings. The minimum atomic E-state index is -4.65. The summed E-state index contributed by atoms with van der Waals surface area (Å²) in [5.74, 6) is -1.45. The van der Waals surface area contributed by atoms with Gasteiger partial charge in [-0.15, -0.1) is 90.7 Å². The standard InChI is InChI=1S/C26H26N4O6S3.C26H24N4O5S2.2C26H26N4O3S2.3CH3.H3N/c1-36-26(32)29-21(15-17-6-3-2-4-7-17)24(31)27-20(22-16-38-25(28-22)23-8-5-13-37-23)14-18-9-11-19(12-10-18)30-39(33,34)35;1-35-26(32)29-21(15-17-6-3-2-4-7-17)24(31)27-20(14-18-9-11-19(12-10-18)30(33)34)22-16-37-25(28-22)23-8-5-13-36-23;2*1-33-26(32)30-21(15-17-6-3-2-4-7-17)24(31)28-20(14-18-9-11-19(27)12-10-18)22-16-35-25(29-22)23-8-5-13-34-23;;;;/h2-13,16,20-21,30H,14-15H2,1H3,(H,27,31)(H,29,32)(H,33,34,35);2-13,16,20-21H,14-15H2,1H3,(H,27,31)(H,29,32);2*2-13,16,20-21H,14-15,27H2,1H3,(H,28,31)(H,30,32);4*1H3/q;;;;3*+1;/p-1/t4*20-,21-;;;;/m0000..../s1. The largest absolute Gasteiger partial charge is 0.731 e. The van der Waals surface area contributed by atoms with Crippen LogP contribution in [-0.4, -0.2) is 138 Å². The maximum absolute atomic E-state index is 13.5. The number of thiazole rings is 4. The lowest BCUT2D eigenvalue weighted by atomic mass is 10.0. The molecule has 16 rings (SSSR count). The van der Waals surface area contributed by atoms with Crippen molar-refractivity contribution >= 4 is 172 Å². The number of rotatable bonds is 39. The van der Waals surface area contributed by atoms with E-state index in [4.69, 9.17) is 50.4 Å². The first-order chi connectivity index (χ1) is 70.6. The van der Waals surface area contributed by atoms with Crippen LogP contribution in [0, 0.1) is 32.4 Å². The average Bonchev–Trinajstić information content (AvgIpc) is 1.67. The average molecular weight is 2200 g/mol. The molecule has 8 aromatic heterocycles. The van der Waals surface area contributed by atoms with Gasteiger partial charge in [0.05, 0.1) is 99.8 Å². The van der Waals surface area contributed by atoms with E-state index < -0.39 is 99.7 Å². The summed E-state index contributed by atoms with van der Waals surface area (Å²) in [6.07, 6.45) is 0.125. The fourth-order valence-corrected chi connectivity index (χ4v) is 21.9. The molecule has 16 N–H and O–H groups in total. The van der Waals surface area contributed by atoms with Gasteiger partial charge < -0.3 is 83.7 Å². The Hall–Kier alpha value is -15.7. The second-order valence-corrected chi connectivity index (χ2v) is 40.8. The molecule has 8 amide bonds. The van der Waals surface area contributed by atoms with Gasteiger partial charge >= 0.3 is 24.4 Å². The highest BCUT2D eigenvalue weighted by Crippen LogP contribution is 2.37. The van der Waals surface area contributed by atoms with Gasteiger partial charge in [-0.2, -0.15) is 0 Å². The molecule has 34 nitrogen and oxygen atoms in total. The fraction of sp³-hybridized carbons (Fsp3) is 0.187. The summed E-state index contributed by atoms with van der Waals surface area (Å²) in [7, 11) is 0.375. The predicted octanol–water partition coefficient (Wildman–Crippen LogP) is 20.4. The van der Waals surface area contributed by atoms with E-state index in [0.717, 1.165) is 95.4 Å². The van der Waals surface area contributed by atoms with Gasteiger partial charge in [-0.1, -0.05) is 194 Å². The van der Waals surface area contributed by atoms with Crippen molar-refractivity contribution in [3.05, 3.63) is 410 Å². The lowest BCUT2D eigenvalue weighted by Crippen LogP contribution is -2.49. The number of nitrogens with zero attached hydrogens (tertiary/aromatic N) is 5. The Bertz CT molecular complexity index is 6790. The molecule has 780 valence electrons. The smallest absolute Gasteiger partial charge is 0.407 e. The number of nitrogen functional groups attached to an aromatic ring is 2. The molecule has 0 radical (unpaired) electrons. The van der Waals surface area contributed by atoms with Crippen molar-refractivity contribution in [2.45, 2.75) is 99.7 Å². The molecular formula is C107H113N17O17S9+2. The summed E-state index contributed by atoms with van der Waals surface area (Å²) in [6.45, 7) is 0. The van der Waals surface area contributed by atoms with E-state index in [1.54, 1.807) is 69.6 Å². The first-order valence-electron chi connectivity index (χ1n) is 45.1. The Kier molecular flexibility index (Phi) is 46.6. The molecule has 0 fully saturated rings. The molecule has 0 spiro atoms. The first-order valence-corrected chi connectivity index (χ1v) is 53.6. The van der Waals surface area contributed by atoms with Crippen molar-refractivity contribution in [2.75, 3.05) is 44.6 Å². The van der Waals surface area contributed by atoms with Crippen LogP contribution in [0.4, 0.5) is 41.9 Å². The van der Waals surface area contributed by atoms with E-state index in [0.29, 0.717) is 61.3 Å². The van der Waals surface area contributed by atoms with E-state index in [1.807, 2.05) is 266 Å². The number of thiophene rings is 4. The highest BCUT2D eigenvalue weighted by molar-refractivity contribution is 7.87. The molecule has 8 atom stereocenters. The van der Waals surface area contributed by atoms with Crippen LogP contribution in [0.3, 0.4) is 0 Å². The number of methoxy groups -OCH3 is 4. The number of non-ortho nitro benzene ring substituents is 1. The Morgan fingerprint density at radius 2 is 0.533 bits per heavy atom. The van der Waals surface area contributed by atoms with Gasteiger partial charge in [0.25, 0.3) is 5.69 Å². The third kappa shape index (κ3) is 36.7. The second kappa shape index (κ2) is 59.3. The lowest BCUT2D eigenvalue weighted by molar-refractivity contribution is -0.384. The zero-order valence-corrected chi connectivity index (χ0v) is 89.9. The fourth-order valence-electron chi connectivity index (χ4n) is 14.7. The van der Waals surface area contributed by atoms with Crippen LogP contribution in [-0.2, 0) is 99.8 Å². The van der Waals surface area contributed by atoms with E-state index in [-0.39, 0.29) is 64.5 Å². The zero-order chi connectivity index (χ0) is 103. The predicted molar refractivity (Wildman–Crippen MR) is 597 cm³/mol. The van der Waals surface area contributed by atoms with Crippen LogP contribution in [0.15, 0.2) is 310 Å². The molecule has 0 bridgehead atoms. The van der Waals surface area contributed by atoms with Gasteiger partial charge in [-0.25, -0.2) is 47.5 Å². The minimum Gasteiger partial charge on any atom is -0.731 e. The Morgan fingerprint density at radius 3 is 0.740 bits per heavy atom. The molecule has 0 aliphatic heterocycles. The van der Waals surface area contributed by atoms with Gasteiger partial charge in [-0.3, -0.25) is 34.0 Å². The minimum absolute atomic E-state index is 0. The number of nitro groups is 1. The maximum Gasteiger partial charge on any atom is 0.407 e. The van der Waals surface area contributed by atoms with Crippen molar-refractivity contribution in [2.24, 2.45) is 0 Å². The Balaban J connectivity index is 0.000000220. The van der Waals surface area contributed by atoms with Crippen molar-refractivity contribution in [1.29, 1.82) is 0 Å². The SMILES string of the molecule is COC(=O)N[C@@H](Cc1ccccc1)C(=O)N[C@@H](Cc1ccc(N)cc1)c1csc(-c2cccs2)n1.COC(=O)N[C@@H](Cc1ccccc1)C(=O)N[C@@H](Cc1ccc(N)cc1)c1csc(-c2cccs2)n1.COC(=O)N[C@@H](Cc1ccccc1)C(=O)N[C@@H](Cc1ccc(NS(=O)(=O)[O-])cc1)c1csc(-c2cccs2)n1.COC(=O)N[C@@H](Cc1ccccc1)C(=O)N[C@@H](Cc1ccc([N+](=O)[O-])cc1)c1csc(-c2cccs2)n1.N.[CH3+].[CH3+].[CH3+]. The van der Waals surface area contributed by atoms with E-state index in [9.17, 15) is 61.4 Å². The number of carbonyl (C=O) groups excluding carboxylic acids is 8. The van der Waals surface area contributed by atoms with Crippen molar-refractivity contribution in [3.8, 4) is 39.5 Å². The quantitative estimate of drug-likeness (QED) is 0.00425. The number of ether oxygens (including phenoxy) is 4. The normalized spacial score (nSPS) is 12.2. The van der Waals surface area contributed by atoms with E-state index >= 15 is 0 Å². The Morgan fingerprint density at radius 1 is 0.313 bits per heavy atom. The van der Waals surface area contributed by atoms with Crippen LogP contribution >= 0.6 is 90.7 Å². The molecule has 0 saturated heterocycles. The number of nitro benzene ring substituents is 1. The molecule has 43 heteroatoms. The number of hydrogen-bond donors (Lipinski definition) is 12. The van der Waals surface area contributed by atoms with Crippen molar-refractivity contribution < 1.29 is 75.2 Å². The van der Waals surface area contributed by atoms with Crippen LogP contribution in [0.2, 0.25) is 0 Å². The third-order valence-corrected chi connectivity index (χ3v) is 30.2. The van der Waals surface area contributed by atoms with Gasteiger partial charge in [0, 0.05) is 98.7 Å². The number of nitrogens with one attached hydrogen (secondary N) is 9. The molecule has 0 unspecified atom stereocenters. The third-order valence-electron chi connectivity index (χ3n) is 22.1. The summed E-state index contributed by atoms with van der Waals surface area (Å²) in [4.78, 5) is 136. The number of alkyl carbamates (subject to hydrolysis) is 4. The maximum atomic E-state index is 13.5. The van der Waals surface area contributed by atoms with Crippen molar-refractivity contribution in [3.63, 3.8) is 0 Å². The lowest BCUT2D eigenvalue weighted by Gasteiger charge is -2.23. The van der Waals surface area contributed by atoms with Crippen LogP contribution in [0.1, 0.15) is 91.5 Å². The summed E-state index contributed by atoms with van der Waals surface area (Å²) in [6, 6.07) is 75.8. The second-order valence-electron chi connectivity index (χ2n) is 32.5. The Labute approximate surface area is 902 Å². The van der Waals surface area contributed by atoms with Gasteiger partial charge in [-0.05, 0) is 152 Å². The molecule has 0 aliphatic carbocycles. The molecule has 0 saturated carbocycles. The van der Waals surface area contributed by atoms with Crippen molar-refractivity contribution in [1.82, 2.24) is 68.6 Å². The molecule has 8 aromatic carbocycles. The topological polar surface area (TPSA) is 521 Å². The number of aromatic nitrogens is 4. The monoisotopic (exact) mass is 2200 g/mol. The number of benzene rings is 8. The summed E-state index contributed by atoms with van der Waals surface area (Å²) in [5, 5.41) is 53.0. The molecule has 8 heterocycles. The van der Waals surface area contributed by atoms with Gasteiger partial charge in [0.2, 0.25) is 23.6 Å². The van der Waals surface area contributed by atoms with Gasteiger partial charge in [0.15, 0.2) is 10.3 Å². The number of anilines is 3. The summed E-state index contributed by atoms with van der Waals surface area (Å²) >= 11 is 12.4. The number of amides is 8. The highest BCUT2D eigenvalue weighted by Gasteiger charge is 2.33. The van der Waals surface area contributed by atoms with Crippen LogP contribution in [0.25, 0.3) is 39.5 Å². The van der Waals surface area contributed by atoms with E-state index in [2.05, 4.69) is 42.5 Å². The number of carbonyl (C=O) groups is 8. The highest BCUT2D eigenvalue weighted by atomic mass is 32.2. The van der Waals surface area contributed by atoms with E-state index in [1.165, 1.54) is 98.1 Å². The number of nitrogens with two attached hydrogens (primary N) is 2. The molecule has 16 aromatic rings.